The Labute approximate surface area is 115 Å². The molecule has 0 aliphatic rings. The summed E-state index contributed by atoms with van der Waals surface area (Å²) in [4.78, 5) is 0. The molecule has 0 radical (unpaired) electrons. The van der Waals surface area contributed by atoms with Crippen LogP contribution in [0.2, 0.25) is 0 Å². The van der Waals surface area contributed by atoms with Crippen molar-refractivity contribution < 1.29 is 4.74 Å². The van der Waals surface area contributed by atoms with Crippen LogP contribution in [-0.2, 0) is 6.61 Å². The number of rotatable bonds is 5. The van der Waals surface area contributed by atoms with Crippen molar-refractivity contribution in [2.45, 2.75) is 26.5 Å². The van der Waals surface area contributed by atoms with Gasteiger partial charge in [0.05, 0.1) is 0 Å². The molecule has 0 spiro atoms. The fourth-order valence-corrected chi connectivity index (χ4v) is 1.95. The van der Waals surface area contributed by atoms with Crippen molar-refractivity contribution in [1.29, 1.82) is 0 Å². The average molecular weight is 255 g/mol. The molecule has 1 atom stereocenters. The van der Waals surface area contributed by atoms with Crippen LogP contribution in [0.3, 0.4) is 0 Å². The van der Waals surface area contributed by atoms with Gasteiger partial charge in [0.2, 0.25) is 0 Å². The molecule has 2 rings (SSSR count). The van der Waals surface area contributed by atoms with Gasteiger partial charge in [0.1, 0.15) is 12.4 Å². The van der Waals surface area contributed by atoms with Gasteiger partial charge < -0.3 is 10.1 Å². The number of hydrogen-bond acceptors (Lipinski definition) is 2. The van der Waals surface area contributed by atoms with Gasteiger partial charge in [0.25, 0.3) is 0 Å². The lowest BCUT2D eigenvalue weighted by Gasteiger charge is -2.12. The molecule has 1 unspecified atom stereocenters. The molecule has 0 heterocycles. The number of nitrogens with one attached hydrogen (secondary N) is 1. The topological polar surface area (TPSA) is 21.3 Å². The summed E-state index contributed by atoms with van der Waals surface area (Å²) in [5.41, 5.74) is 3.77. The van der Waals surface area contributed by atoms with Crippen molar-refractivity contribution in [2.24, 2.45) is 0 Å². The summed E-state index contributed by atoms with van der Waals surface area (Å²) in [6.45, 7) is 4.87. The highest BCUT2D eigenvalue weighted by Crippen LogP contribution is 2.19. The van der Waals surface area contributed by atoms with Crippen molar-refractivity contribution in [3.63, 3.8) is 0 Å². The highest BCUT2D eigenvalue weighted by atomic mass is 16.5. The summed E-state index contributed by atoms with van der Waals surface area (Å²) in [6.07, 6.45) is 0. The second-order valence-corrected chi connectivity index (χ2v) is 4.79. The molecule has 0 aliphatic carbocycles. The van der Waals surface area contributed by atoms with Crippen LogP contribution in [0.4, 0.5) is 0 Å². The zero-order valence-corrected chi connectivity index (χ0v) is 11.8. The SMILES string of the molecule is CNC(C)c1ccc(OCc2ccccc2C)cc1. The van der Waals surface area contributed by atoms with Crippen molar-refractivity contribution >= 4 is 0 Å². The van der Waals surface area contributed by atoms with Crippen LogP contribution in [0.15, 0.2) is 48.5 Å². The minimum absolute atomic E-state index is 0.366. The van der Waals surface area contributed by atoms with E-state index in [1.165, 1.54) is 16.7 Å². The van der Waals surface area contributed by atoms with E-state index in [9.17, 15) is 0 Å². The molecule has 2 heteroatoms. The third kappa shape index (κ3) is 3.58. The Balaban J connectivity index is 1.99. The van der Waals surface area contributed by atoms with Crippen molar-refractivity contribution in [1.82, 2.24) is 5.32 Å². The zero-order chi connectivity index (χ0) is 13.7. The van der Waals surface area contributed by atoms with E-state index in [-0.39, 0.29) is 0 Å². The van der Waals surface area contributed by atoms with E-state index in [0.29, 0.717) is 12.6 Å². The van der Waals surface area contributed by atoms with Gasteiger partial charge in [-0.3, -0.25) is 0 Å². The van der Waals surface area contributed by atoms with Gasteiger partial charge >= 0.3 is 0 Å². The van der Waals surface area contributed by atoms with E-state index in [1.54, 1.807) is 0 Å². The Bertz CT molecular complexity index is 519. The molecule has 0 saturated heterocycles. The lowest BCUT2D eigenvalue weighted by Crippen LogP contribution is -2.11. The molecule has 0 aromatic heterocycles. The fourth-order valence-electron chi connectivity index (χ4n) is 1.95. The third-order valence-corrected chi connectivity index (χ3v) is 3.47. The smallest absolute Gasteiger partial charge is 0.119 e. The first-order chi connectivity index (χ1) is 9.20. The maximum atomic E-state index is 5.82. The van der Waals surface area contributed by atoms with E-state index < -0.39 is 0 Å². The number of ether oxygens (including phenoxy) is 1. The van der Waals surface area contributed by atoms with E-state index in [1.807, 2.05) is 31.3 Å². The molecule has 2 aromatic carbocycles. The molecule has 100 valence electrons. The number of hydrogen-bond donors (Lipinski definition) is 1. The van der Waals surface area contributed by atoms with Crippen molar-refractivity contribution in [2.75, 3.05) is 7.05 Å². The summed E-state index contributed by atoms with van der Waals surface area (Å²) >= 11 is 0. The second-order valence-electron chi connectivity index (χ2n) is 4.79. The van der Waals surface area contributed by atoms with Gasteiger partial charge in [-0.25, -0.2) is 0 Å². The maximum absolute atomic E-state index is 5.82. The summed E-state index contributed by atoms with van der Waals surface area (Å²) < 4.78 is 5.82. The summed E-state index contributed by atoms with van der Waals surface area (Å²) in [5, 5.41) is 3.23. The average Bonchev–Trinajstić information content (AvgIpc) is 2.46. The van der Waals surface area contributed by atoms with Crippen LogP contribution in [0, 0.1) is 6.92 Å². The van der Waals surface area contributed by atoms with Gasteiger partial charge in [-0.1, -0.05) is 36.4 Å². The largest absolute Gasteiger partial charge is 0.489 e. The number of aryl methyl sites for hydroxylation is 1. The Morgan fingerprint density at radius 2 is 1.74 bits per heavy atom. The summed E-state index contributed by atoms with van der Waals surface area (Å²) in [5.74, 6) is 0.912. The van der Waals surface area contributed by atoms with Crippen LogP contribution >= 0.6 is 0 Å². The second kappa shape index (κ2) is 6.39. The first kappa shape index (κ1) is 13.6. The lowest BCUT2D eigenvalue weighted by molar-refractivity contribution is 0.305. The van der Waals surface area contributed by atoms with Crippen molar-refractivity contribution in [3.8, 4) is 5.75 Å². The zero-order valence-electron chi connectivity index (χ0n) is 11.8. The molecular weight excluding hydrogens is 234 g/mol. The molecule has 0 bridgehead atoms. The summed E-state index contributed by atoms with van der Waals surface area (Å²) in [7, 11) is 1.97. The fraction of sp³-hybridized carbons (Fsp3) is 0.294. The van der Waals surface area contributed by atoms with Gasteiger partial charge in [-0.15, -0.1) is 0 Å². The molecular formula is C17H21NO. The number of benzene rings is 2. The Morgan fingerprint density at radius 1 is 1.05 bits per heavy atom. The molecule has 0 fully saturated rings. The maximum Gasteiger partial charge on any atom is 0.119 e. The first-order valence-electron chi connectivity index (χ1n) is 6.65. The highest BCUT2D eigenvalue weighted by Gasteiger charge is 2.03. The van der Waals surface area contributed by atoms with Crippen LogP contribution in [-0.4, -0.2) is 7.05 Å². The van der Waals surface area contributed by atoms with Gasteiger partial charge in [0, 0.05) is 6.04 Å². The highest BCUT2D eigenvalue weighted by molar-refractivity contribution is 5.30. The molecule has 2 nitrogen and oxygen atoms in total. The molecule has 1 N–H and O–H groups in total. The van der Waals surface area contributed by atoms with E-state index in [4.69, 9.17) is 4.74 Å². The Kier molecular flexibility index (Phi) is 4.58. The molecule has 0 saturated carbocycles. The Morgan fingerprint density at radius 3 is 2.37 bits per heavy atom. The monoisotopic (exact) mass is 255 g/mol. The van der Waals surface area contributed by atoms with Gasteiger partial charge in [-0.05, 0) is 49.7 Å². The predicted molar refractivity (Wildman–Crippen MR) is 79.4 cm³/mol. The normalized spacial score (nSPS) is 12.2. The van der Waals surface area contributed by atoms with Crippen LogP contribution < -0.4 is 10.1 Å². The van der Waals surface area contributed by atoms with Crippen LogP contribution in [0.25, 0.3) is 0 Å². The van der Waals surface area contributed by atoms with Crippen LogP contribution in [0.5, 0.6) is 5.75 Å². The van der Waals surface area contributed by atoms with Crippen LogP contribution in [0.1, 0.15) is 29.7 Å². The van der Waals surface area contributed by atoms with E-state index in [0.717, 1.165) is 5.75 Å². The predicted octanol–water partition coefficient (Wildman–Crippen LogP) is 3.85. The van der Waals surface area contributed by atoms with E-state index >= 15 is 0 Å². The van der Waals surface area contributed by atoms with Gasteiger partial charge in [-0.2, -0.15) is 0 Å². The standard InChI is InChI=1S/C17H21NO/c1-13-6-4-5-7-16(13)12-19-17-10-8-15(9-11-17)14(2)18-3/h4-11,14,18H,12H2,1-3H3. The minimum Gasteiger partial charge on any atom is -0.489 e. The molecule has 0 aliphatic heterocycles. The third-order valence-electron chi connectivity index (χ3n) is 3.47. The molecule has 19 heavy (non-hydrogen) atoms. The lowest BCUT2D eigenvalue weighted by atomic mass is 10.1. The Hall–Kier alpha value is -1.80. The summed E-state index contributed by atoms with van der Waals surface area (Å²) in [6, 6.07) is 16.9. The quantitative estimate of drug-likeness (QED) is 0.876. The van der Waals surface area contributed by atoms with E-state index in [2.05, 4.69) is 43.4 Å². The molecule has 0 amide bonds. The molecule has 2 aromatic rings. The van der Waals surface area contributed by atoms with Gasteiger partial charge in [0.15, 0.2) is 0 Å². The first-order valence-corrected chi connectivity index (χ1v) is 6.65. The van der Waals surface area contributed by atoms with Crippen molar-refractivity contribution in [3.05, 3.63) is 65.2 Å². The minimum atomic E-state index is 0.366.